The van der Waals surface area contributed by atoms with Crippen LogP contribution in [0, 0.1) is 5.82 Å². The van der Waals surface area contributed by atoms with E-state index in [0.717, 1.165) is 31.5 Å². The predicted octanol–water partition coefficient (Wildman–Crippen LogP) is 2.17. The van der Waals surface area contributed by atoms with Gasteiger partial charge in [-0.1, -0.05) is 17.3 Å². The summed E-state index contributed by atoms with van der Waals surface area (Å²) in [6.45, 7) is 1.62. The van der Waals surface area contributed by atoms with E-state index in [2.05, 4.69) is 10.1 Å². The van der Waals surface area contributed by atoms with Crippen molar-refractivity contribution in [1.82, 2.24) is 4.90 Å². The molecule has 1 aromatic rings. The summed E-state index contributed by atoms with van der Waals surface area (Å²) < 4.78 is 13.0. The number of hydrogen-bond donors (Lipinski definition) is 2. The lowest BCUT2D eigenvalue weighted by Crippen LogP contribution is -2.20. The molecule has 0 aliphatic heterocycles. The molecule has 0 spiro atoms. The highest BCUT2D eigenvalue weighted by molar-refractivity contribution is 5.79. The van der Waals surface area contributed by atoms with Crippen molar-refractivity contribution >= 4 is 5.84 Å². The third kappa shape index (κ3) is 5.63. The standard InChI is InChI=1S/C13H20FN3O/c1-17(8-3-2-7-13(15)16-18)10-11-5-4-6-12(14)9-11/h4-6,9,18H,2-3,7-8,10H2,1H3,(H2,15,16). The Morgan fingerprint density at radius 1 is 1.44 bits per heavy atom. The maximum Gasteiger partial charge on any atom is 0.139 e. The number of amidine groups is 1. The van der Waals surface area contributed by atoms with Crippen molar-refractivity contribution < 1.29 is 9.60 Å². The molecule has 3 N–H and O–H groups in total. The molecule has 0 saturated heterocycles. The first-order chi connectivity index (χ1) is 8.61. The number of unbranched alkanes of at least 4 members (excludes halogenated alkanes) is 1. The van der Waals surface area contributed by atoms with Crippen LogP contribution in [0.15, 0.2) is 29.4 Å². The van der Waals surface area contributed by atoms with E-state index in [1.165, 1.54) is 6.07 Å². The largest absolute Gasteiger partial charge is 0.409 e. The van der Waals surface area contributed by atoms with Gasteiger partial charge in [0.25, 0.3) is 0 Å². The average Bonchev–Trinajstić information content (AvgIpc) is 2.34. The summed E-state index contributed by atoms with van der Waals surface area (Å²) in [5.74, 6) is 0.0654. The number of halogens is 1. The van der Waals surface area contributed by atoms with Crippen molar-refractivity contribution in [3.05, 3.63) is 35.6 Å². The van der Waals surface area contributed by atoms with Gasteiger partial charge in [0.15, 0.2) is 0 Å². The van der Waals surface area contributed by atoms with E-state index in [9.17, 15) is 4.39 Å². The highest BCUT2D eigenvalue weighted by atomic mass is 19.1. The van der Waals surface area contributed by atoms with E-state index in [-0.39, 0.29) is 11.7 Å². The first-order valence-corrected chi connectivity index (χ1v) is 6.01. The van der Waals surface area contributed by atoms with Crippen molar-refractivity contribution in [2.24, 2.45) is 10.9 Å². The first-order valence-electron chi connectivity index (χ1n) is 6.01. The molecule has 0 bridgehead atoms. The third-order valence-electron chi connectivity index (χ3n) is 2.69. The van der Waals surface area contributed by atoms with Gasteiger partial charge < -0.3 is 15.8 Å². The van der Waals surface area contributed by atoms with Gasteiger partial charge in [0.05, 0.1) is 0 Å². The van der Waals surface area contributed by atoms with Crippen molar-refractivity contribution in [3.8, 4) is 0 Å². The van der Waals surface area contributed by atoms with Gasteiger partial charge in [-0.05, 0) is 44.1 Å². The molecule has 0 fully saturated rings. The Morgan fingerprint density at radius 2 is 2.22 bits per heavy atom. The van der Waals surface area contributed by atoms with E-state index in [0.29, 0.717) is 6.42 Å². The Hall–Kier alpha value is -1.62. The topological polar surface area (TPSA) is 61.8 Å². The molecule has 0 amide bonds. The minimum absolute atomic E-state index is 0.201. The van der Waals surface area contributed by atoms with E-state index < -0.39 is 0 Å². The minimum Gasteiger partial charge on any atom is -0.409 e. The van der Waals surface area contributed by atoms with Crippen molar-refractivity contribution in [2.45, 2.75) is 25.8 Å². The molecule has 1 aromatic carbocycles. The fourth-order valence-corrected chi connectivity index (χ4v) is 1.76. The van der Waals surface area contributed by atoms with Gasteiger partial charge >= 0.3 is 0 Å². The predicted molar refractivity (Wildman–Crippen MR) is 70.0 cm³/mol. The maximum absolute atomic E-state index is 13.0. The summed E-state index contributed by atoms with van der Waals surface area (Å²) in [6.07, 6.45) is 2.44. The fraction of sp³-hybridized carbons (Fsp3) is 0.462. The minimum atomic E-state index is -0.201. The summed E-state index contributed by atoms with van der Waals surface area (Å²) in [5.41, 5.74) is 6.34. The van der Waals surface area contributed by atoms with Gasteiger partial charge in [0.2, 0.25) is 0 Å². The fourth-order valence-electron chi connectivity index (χ4n) is 1.76. The number of oxime groups is 1. The molecular weight excluding hydrogens is 233 g/mol. The summed E-state index contributed by atoms with van der Waals surface area (Å²) in [7, 11) is 1.99. The van der Waals surface area contributed by atoms with Crippen molar-refractivity contribution in [2.75, 3.05) is 13.6 Å². The quantitative estimate of drug-likeness (QED) is 0.257. The number of hydrogen-bond acceptors (Lipinski definition) is 3. The second-order valence-corrected chi connectivity index (χ2v) is 4.42. The lowest BCUT2D eigenvalue weighted by molar-refractivity contribution is 0.312. The Morgan fingerprint density at radius 3 is 2.89 bits per heavy atom. The molecule has 0 aliphatic carbocycles. The summed E-state index contributed by atoms with van der Waals surface area (Å²) in [5, 5.41) is 11.3. The lowest BCUT2D eigenvalue weighted by Gasteiger charge is -2.16. The van der Waals surface area contributed by atoms with Crippen LogP contribution in [0.5, 0.6) is 0 Å². The molecule has 18 heavy (non-hydrogen) atoms. The van der Waals surface area contributed by atoms with Gasteiger partial charge in [-0.25, -0.2) is 4.39 Å². The normalized spacial score (nSPS) is 12.1. The van der Waals surface area contributed by atoms with Crippen LogP contribution in [0.1, 0.15) is 24.8 Å². The molecule has 0 saturated carbocycles. The van der Waals surface area contributed by atoms with E-state index in [1.807, 2.05) is 13.1 Å². The van der Waals surface area contributed by atoms with Crippen LogP contribution in [-0.4, -0.2) is 29.5 Å². The summed E-state index contributed by atoms with van der Waals surface area (Å²) in [6, 6.07) is 6.63. The smallest absolute Gasteiger partial charge is 0.139 e. The van der Waals surface area contributed by atoms with Crippen molar-refractivity contribution in [1.29, 1.82) is 0 Å². The SMILES string of the molecule is CN(CCCCC(N)=NO)Cc1cccc(F)c1. The van der Waals surface area contributed by atoms with Crippen LogP contribution in [0.3, 0.4) is 0 Å². The van der Waals surface area contributed by atoms with E-state index in [4.69, 9.17) is 10.9 Å². The second kappa shape index (κ2) is 7.66. The van der Waals surface area contributed by atoms with Gasteiger partial charge in [-0.2, -0.15) is 0 Å². The zero-order chi connectivity index (χ0) is 13.4. The Bertz CT molecular complexity index is 396. The molecule has 0 unspecified atom stereocenters. The van der Waals surface area contributed by atoms with Gasteiger partial charge in [-0.15, -0.1) is 0 Å². The van der Waals surface area contributed by atoms with Crippen molar-refractivity contribution in [3.63, 3.8) is 0 Å². The highest BCUT2D eigenvalue weighted by Crippen LogP contribution is 2.07. The average molecular weight is 253 g/mol. The number of nitrogens with two attached hydrogens (primary N) is 1. The van der Waals surface area contributed by atoms with E-state index >= 15 is 0 Å². The molecule has 0 heterocycles. The van der Waals surface area contributed by atoms with Crippen LogP contribution in [0.4, 0.5) is 4.39 Å². The maximum atomic E-state index is 13.0. The Balaban J connectivity index is 2.23. The number of benzene rings is 1. The Kier molecular flexibility index (Phi) is 6.14. The van der Waals surface area contributed by atoms with Crippen LogP contribution < -0.4 is 5.73 Å². The molecule has 0 radical (unpaired) electrons. The molecule has 4 nitrogen and oxygen atoms in total. The first kappa shape index (κ1) is 14.4. The van der Waals surface area contributed by atoms with Crippen LogP contribution in [0.25, 0.3) is 0 Å². The van der Waals surface area contributed by atoms with Gasteiger partial charge in [-0.3, -0.25) is 0 Å². The molecule has 0 atom stereocenters. The molecule has 100 valence electrons. The zero-order valence-corrected chi connectivity index (χ0v) is 10.6. The van der Waals surface area contributed by atoms with Gasteiger partial charge in [0, 0.05) is 13.0 Å². The molecule has 1 rings (SSSR count). The second-order valence-electron chi connectivity index (χ2n) is 4.42. The lowest BCUT2D eigenvalue weighted by atomic mass is 10.2. The number of nitrogens with zero attached hydrogens (tertiary/aromatic N) is 2. The van der Waals surface area contributed by atoms with Gasteiger partial charge in [0.1, 0.15) is 11.7 Å². The molecular formula is C13H20FN3O. The summed E-state index contributed by atoms with van der Waals surface area (Å²) >= 11 is 0. The van der Waals surface area contributed by atoms with Crippen LogP contribution >= 0.6 is 0 Å². The monoisotopic (exact) mass is 253 g/mol. The van der Waals surface area contributed by atoms with Crippen LogP contribution in [0.2, 0.25) is 0 Å². The molecule has 0 aromatic heterocycles. The molecule has 0 aliphatic rings. The highest BCUT2D eigenvalue weighted by Gasteiger charge is 2.02. The zero-order valence-electron chi connectivity index (χ0n) is 10.6. The Labute approximate surface area is 107 Å². The number of rotatable bonds is 7. The van der Waals surface area contributed by atoms with E-state index in [1.54, 1.807) is 12.1 Å². The van der Waals surface area contributed by atoms with Crippen LogP contribution in [-0.2, 0) is 6.54 Å². The molecule has 5 heteroatoms. The summed E-state index contributed by atoms with van der Waals surface area (Å²) in [4.78, 5) is 2.13. The third-order valence-corrected chi connectivity index (χ3v) is 2.69.